The molecule has 1 aliphatic heterocycles. The van der Waals surface area contributed by atoms with E-state index in [0.717, 1.165) is 44.5 Å². The smallest absolute Gasteiger partial charge is 0.266 e. The second-order valence-corrected chi connectivity index (χ2v) is 8.37. The van der Waals surface area contributed by atoms with Crippen LogP contribution in [0.15, 0.2) is 53.6 Å². The number of alkyl halides is 2. The average Bonchev–Trinajstić information content (AvgIpc) is 3.13. The second-order valence-electron chi connectivity index (χ2n) is 7.01. The number of piperazine rings is 1. The number of anilines is 1. The lowest BCUT2D eigenvalue weighted by Crippen LogP contribution is -2.46. The first-order chi connectivity index (χ1) is 14.0. The molecule has 0 radical (unpaired) electrons. The van der Waals surface area contributed by atoms with Gasteiger partial charge >= 0.3 is 0 Å². The maximum atomic E-state index is 13.9. The Morgan fingerprint density at radius 3 is 2.45 bits per heavy atom. The number of likely N-dealkylation sites (N-methyl/N-ethyl adjacent to an activating group) is 1. The van der Waals surface area contributed by atoms with Crippen molar-refractivity contribution >= 4 is 27.6 Å². The Morgan fingerprint density at radius 2 is 1.79 bits per heavy atom. The van der Waals surface area contributed by atoms with Crippen LogP contribution in [0.5, 0.6) is 0 Å². The summed E-state index contributed by atoms with van der Waals surface area (Å²) in [7, 11) is -1.83. The number of fused-ring (bicyclic) bond motifs is 1. The highest BCUT2D eigenvalue weighted by Crippen LogP contribution is 2.37. The van der Waals surface area contributed by atoms with E-state index in [1.807, 2.05) is 6.07 Å². The minimum atomic E-state index is -2.71. The van der Waals surface area contributed by atoms with E-state index in [0.29, 0.717) is 10.9 Å². The molecule has 2 heterocycles. The van der Waals surface area contributed by atoms with Gasteiger partial charge in [-0.1, -0.05) is 19.1 Å². The first kappa shape index (κ1) is 20.0. The lowest BCUT2D eigenvalue weighted by Gasteiger charge is -2.36. The minimum absolute atomic E-state index is 0.154. The van der Waals surface area contributed by atoms with E-state index in [9.17, 15) is 17.4 Å². The molecule has 154 valence electrons. The van der Waals surface area contributed by atoms with Crippen molar-refractivity contribution in [1.29, 1.82) is 0 Å². The summed E-state index contributed by atoms with van der Waals surface area (Å²) in [4.78, 5) is 4.65. The summed E-state index contributed by atoms with van der Waals surface area (Å²) < 4.78 is 55.8. The highest BCUT2D eigenvalue weighted by molar-refractivity contribution is 7.83. The van der Waals surface area contributed by atoms with Crippen LogP contribution < -0.4 is 4.90 Å². The number of hydrogen-bond acceptors (Lipinski definition) is 3. The van der Waals surface area contributed by atoms with Crippen molar-refractivity contribution in [1.82, 2.24) is 8.87 Å². The van der Waals surface area contributed by atoms with Crippen LogP contribution in [-0.2, 0) is 11.0 Å². The third-order valence-electron chi connectivity index (χ3n) is 5.37. The quantitative estimate of drug-likeness (QED) is 0.610. The van der Waals surface area contributed by atoms with Crippen LogP contribution in [-0.4, -0.2) is 45.8 Å². The van der Waals surface area contributed by atoms with E-state index < -0.39 is 23.2 Å². The van der Waals surface area contributed by atoms with Crippen molar-refractivity contribution in [2.24, 2.45) is 0 Å². The molecule has 0 amide bonds. The fourth-order valence-corrected chi connectivity index (χ4v) is 5.00. The van der Waals surface area contributed by atoms with Crippen LogP contribution in [0.1, 0.15) is 18.9 Å². The van der Waals surface area contributed by atoms with E-state index in [1.54, 1.807) is 12.1 Å². The van der Waals surface area contributed by atoms with E-state index in [4.69, 9.17) is 0 Å². The van der Waals surface area contributed by atoms with Crippen molar-refractivity contribution in [3.63, 3.8) is 0 Å². The van der Waals surface area contributed by atoms with Crippen molar-refractivity contribution in [2.75, 3.05) is 37.6 Å². The van der Waals surface area contributed by atoms with E-state index in [1.165, 1.54) is 28.4 Å². The van der Waals surface area contributed by atoms with Gasteiger partial charge in [-0.05, 0) is 36.9 Å². The fourth-order valence-electron chi connectivity index (χ4n) is 3.83. The Kier molecular flexibility index (Phi) is 5.65. The molecular weight excluding hydrogens is 399 g/mol. The van der Waals surface area contributed by atoms with Gasteiger partial charge in [0, 0.05) is 49.0 Å². The van der Waals surface area contributed by atoms with Gasteiger partial charge < -0.3 is 9.80 Å². The molecule has 1 saturated heterocycles. The minimum Gasteiger partial charge on any atom is -0.368 e. The molecule has 0 bridgehead atoms. The molecule has 1 aromatic heterocycles. The van der Waals surface area contributed by atoms with Gasteiger partial charge in [-0.2, -0.15) is 0 Å². The number of rotatable bonds is 5. The van der Waals surface area contributed by atoms with Crippen molar-refractivity contribution in [3.8, 4) is 0 Å². The van der Waals surface area contributed by atoms with Crippen LogP contribution in [0.25, 0.3) is 10.9 Å². The number of aromatic nitrogens is 1. The molecule has 0 spiro atoms. The van der Waals surface area contributed by atoms with Gasteiger partial charge in [0.1, 0.15) is 5.82 Å². The summed E-state index contributed by atoms with van der Waals surface area (Å²) in [6.07, 6.45) is -1.47. The number of halogens is 3. The summed E-state index contributed by atoms with van der Waals surface area (Å²) in [5.74, 6) is -0.518. The van der Waals surface area contributed by atoms with Crippen molar-refractivity contribution in [3.05, 3.63) is 60.0 Å². The normalized spacial score (nSPS) is 16.7. The Labute approximate surface area is 170 Å². The van der Waals surface area contributed by atoms with Crippen LogP contribution in [0.3, 0.4) is 0 Å². The topological polar surface area (TPSA) is 28.5 Å². The van der Waals surface area contributed by atoms with Gasteiger partial charge in [0.25, 0.3) is 6.43 Å². The molecule has 4 nitrogen and oxygen atoms in total. The molecule has 0 saturated carbocycles. The van der Waals surface area contributed by atoms with Gasteiger partial charge in [0.05, 0.1) is 10.4 Å². The Morgan fingerprint density at radius 1 is 1.07 bits per heavy atom. The third kappa shape index (κ3) is 3.79. The third-order valence-corrected chi connectivity index (χ3v) is 6.69. The predicted octanol–water partition coefficient (Wildman–Crippen LogP) is 4.43. The summed E-state index contributed by atoms with van der Waals surface area (Å²) in [5, 5.41) is 0.414. The molecule has 1 unspecified atom stereocenters. The molecule has 1 fully saturated rings. The highest BCUT2D eigenvalue weighted by Gasteiger charge is 2.25. The van der Waals surface area contributed by atoms with Gasteiger partial charge in [0.2, 0.25) is 0 Å². The van der Waals surface area contributed by atoms with E-state index in [-0.39, 0.29) is 10.5 Å². The van der Waals surface area contributed by atoms with Crippen LogP contribution >= 0.6 is 0 Å². The number of hydrogen-bond donors (Lipinski definition) is 0. The zero-order valence-corrected chi connectivity index (χ0v) is 16.8. The zero-order chi connectivity index (χ0) is 20.5. The predicted molar refractivity (Wildman–Crippen MR) is 109 cm³/mol. The lowest BCUT2D eigenvalue weighted by molar-refractivity contribution is 0.153. The Hall–Kier alpha value is -2.32. The molecule has 0 aliphatic carbocycles. The number of nitrogens with zero attached hydrogens (tertiary/aromatic N) is 3. The maximum absolute atomic E-state index is 13.9. The Bertz CT molecular complexity index is 1040. The summed E-state index contributed by atoms with van der Waals surface area (Å²) in [5.41, 5.74) is 1.03. The van der Waals surface area contributed by atoms with Gasteiger partial charge in [0.15, 0.2) is 11.0 Å². The molecule has 2 aromatic carbocycles. The highest BCUT2D eigenvalue weighted by atomic mass is 32.2. The molecule has 3 aromatic rings. The zero-order valence-electron chi connectivity index (χ0n) is 16.0. The summed E-state index contributed by atoms with van der Waals surface area (Å²) in [6, 6.07) is 10.7. The van der Waals surface area contributed by atoms with Gasteiger partial charge in [-0.15, -0.1) is 0 Å². The first-order valence-corrected chi connectivity index (χ1v) is 10.7. The molecule has 29 heavy (non-hydrogen) atoms. The number of benzene rings is 2. The fraction of sp³-hybridized carbons (Fsp3) is 0.333. The second kappa shape index (κ2) is 8.20. The molecule has 0 N–H and O–H groups in total. The van der Waals surface area contributed by atoms with Crippen molar-refractivity contribution < 1.29 is 17.4 Å². The standard InChI is InChI=1S/C21H22F3N3OS/c1-2-25-9-11-26(12-10-25)18-7-4-8-19-20(18)17(21(23)24)14-27(19)29(28)16-6-3-5-15(22)13-16/h3-8,13-14,21H,2,9-12H2,1H3. The van der Waals surface area contributed by atoms with E-state index in [2.05, 4.69) is 16.7 Å². The molecule has 1 aliphatic rings. The van der Waals surface area contributed by atoms with Crippen LogP contribution in [0.4, 0.5) is 18.9 Å². The van der Waals surface area contributed by atoms with Gasteiger partial charge in [-0.25, -0.2) is 17.4 Å². The van der Waals surface area contributed by atoms with Crippen LogP contribution in [0, 0.1) is 5.82 Å². The SMILES string of the molecule is CCN1CCN(c2cccc3c2c(C(F)F)cn3S(=O)c2cccc(F)c2)CC1. The summed E-state index contributed by atoms with van der Waals surface area (Å²) in [6.45, 7) is 6.29. The molecule has 8 heteroatoms. The lowest BCUT2D eigenvalue weighted by atomic mass is 10.1. The molecule has 4 rings (SSSR count). The monoisotopic (exact) mass is 421 g/mol. The first-order valence-electron chi connectivity index (χ1n) is 9.57. The molecular formula is C21H22F3N3OS. The molecule has 1 atom stereocenters. The summed E-state index contributed by atoms with van der Waals surface area (Å²) >= 11 is 0. The van der Waals surface area contributed by atoms with E-state index >= 15 is 0 Å². The largest absolute Gasteiger partial charge is 0.368 e. The maximum Gasteiger partial charge on any atom is 0.266 e. The van der Waals surface area contributed by atoms with Crippen LogP contribution in [0.2, 0.25) is 0 Å². The van der Waals surface area contributed by atoms with Crippen molar-refractivity contribution in [2.45, 2.75) is 18.2 Å². The Balaban J connectivity index is 1.81. The average molecular weight is 421 g/mol. The van der Waals surface area contributed by atoms with Gasteiger partial charge in [-0.3, -0.25) is 3.97 Å².